The molecule has 1 aromatic carbocycles. The average molecular weight is 362 g/mol. The number of carbonyl (C=O) groups excluding carboxylic acids is 2. The van der Waals surface area contributed by atoms with Gasteiger partial charge in [-0.3, -0.25) is 25.0 Å². The molecule has 3 atom stereocenters. The molecule has 1 N–H and O–H groups in total. The minimum absolute atomic E-state index is 0.0220. The zero-order chi connectivity index (χ0) is 18.0. The van der Waals surface area contributed by atoms with Crippen molar-refractivity contribution in [2.75, 3.05) is 5.75 Å². The lowest BCUT2D eigenvalue weighted by Gasteiger charge is -2.48. The summed E-state index contributed by atoms with van der Waals surface area (Å²) in [5, 5.41) is 13.5. The van der Waals surface area contributed by atoms with Gasteiger partial charge in [-0.2, -0.15) is 0 Å². The maximum absolute atomic E-state index is 12.6. The number of nitrogens with one attached hydrogen (secondary N) is 1. The molecule has 2 fully saturated rings. The van der Waals surface area contributed by atoms with Gasteiger partial charge in [0, 0.05) is 18.1 Å². The molecule has 0 radical (unpaired) electrons. The van der Waals surface area contributed by atoms with Crippen LogP contribution in [0.5, 0.6) is 0 Å². The zero-order valence-corrected chi connectivity index (χ0v) is 15.0. The second-order valence-electron chi connectivity index (χ2n) is 6.71. The highest BCUT2D eigenvalue weighted by Gasteiger charge is 2.67. The average Bonchev–Trinajstić information content (AvgIpc) is 2.74. The highest BCUT2D eigenvalue weighted by molar-refractivity contribution is 8.01. The molecular formula is C18H22N2O4S. The molecule has 134 valence electrons. The number of hydrogen-bond acceptors (Lipinski definition) is 5. The summed E-state index contributed by atoms with van der Waals surface area (Å²) < 4.78 is -0.793. The van der Waals surface area contributed by atoms with Crippen molar-refractivity contribution >= 4 is 29.3 Å². The quantitative estimate of drug-likeness (QED) is 0.331. The fraction of sp³-hybridized carbons (Fsp3) is 0.556. The molecule has 1 aliphatic carbocycles. The van der Waals surface area contributed by atoms with Crippen LogP contribution < -0.4 is 5.32 Å². The summed E-state index contributed by atoms with van der Waals surface area (Å²) in [7, 11) is 0. The summed E-state index contributed by atoms with van der Waals surface area (Å²) >= 11 is 1.56. The Bertz CT molecular complexity index is 708. The number of thioether (sulfide) groups is 1. The molecule has 0 unspecified atom stereocenters. The van der Waals surface area contributed by atoms with E-state index in [1.807, 2.05) is 6.07 Å². The monoisotopic (exact) mass is 362 g/mol. The Morgan fingerprint density at radius 1 is 1.28 bits per heavy atom. The number of nitro groups is 1. The van der Waals surface area contributed by atoms with E-state index in [1.54, 1.807) is 17.8 Å². The second-order valence-corrected chi connectivity index (χ2v) is 8.09. The van der Waals surface area contributed by atoms with Gasteiger partial charge >= 0.3 is 0 Å². The smallest absolute Gasteiger partial charge is 0.269 e. The fourth-order valence-electron chi connectivity index (χ4n) is 3.86. The summed E-state index contributed by atoms with van der Waals surface area (Å²) in [4.78, 5) is 35.3. The molecule has 1 aliphatic heterocycles. The van der Waals surface area contributed by atoms with E-state index < -0.39 is 9.67 Å². The molecule has 25 heavy (non-hydrogen) atoms. The van der Waals surface area contributed by atoms with Crippen molar-refractivity contribution in [2.24, 2.45) is 5.92 Å². The first-order chi connectivity index (χ1) is 12.0. The molecule has 0 spiro atoms. The number of unbranched alkanes of at least 4 members (excludes halogenated alkanes) is 3. The minimum Gasteiger partial charge on any atom is -0.295 e. The lowest BCUT2D eigenvalue weighted by Crippen LogP contribution is -2.54. The van der Waals surface area contributed by atoms with Crippen LogP contribution in [0.15, 0.2) is 24.3 Å². The SMILES string of the molecule is CCCCCCS[C@]12C(=O)NC(=O)[C@H]1C[C@H]2c1cccc([N+](=O)[O-])c1. The molecule has 6 nitrogen and oxygen atoms in total. The molecule has 2 amide bonds. The van der Waals surface area contributed by atoms with Crippen molar-refractivity contribution in [3.8, 4) is 0 Å². The van der Waals surface area contributed by atoms with E-state index >= 15 is 0 Å². The first-order valence-corrected chi connectivity index (χ1v) is 9.73. The van der Waals surface area contributed by atoms with Gasteiger partial charge in [0.15, 0.2) is 0 Å². The van der Waals surface area contributed by atoms with Crippen molar-refractivity contribution in [3.05, 3.63) is 39.9 Å². The number of nitrogens with zero attached hydrogens (tertiary/aromatic N) is 1. The first kappa shape index (κ1) is 17.9. The van der Waals surface area contributed by atoms with Crippen LogP contribution >= 0.6 is 11.8 Å². The molecule has 2 aliphatic rings. The van der Waals surface area contributed by atoms with Crippen molar-refractivity contribution in [1.82, 2.24) is 5.32 Å². The third kappa shape index (κ3) is 3.05. The molecule has 0 aromatic heterocycles. The van der Waals surface area contributed by atoms with Gasteiger partial charge in [-0.25, -0.2) is 0 Å². The molecule has 1 heterocycles. The van der Waals surface area contributed by atoms with E-state index in [0.717, 1.165) is 37.0 Å². The zero-order valence-electron chi connectivity index (χ0n) is 14.2. The third-order valence-electron chi connectivity index (χ3n) is 5.24. The van der Waals surface area contributed by atoms with Crippen LogP contribution in [-0.4, -0.2) is 27.2 Å². The lowest BCUT2D eigenvalue weighted by molar-refractivity contribution is -0.384. The number of nitro benzene ring substituents is 1. The molecule has 1 saturated carbocycles. The van der Waals surface area contributed by atoms with Crippen LogP contribution in [0.1, 0.15) is 50.5 Å². The summed E-state index contributed by atoms with van der Waals surface area (Å²) in [6.07, 6.45) is 5.00. The second kappa shape index (κ2) is 7.15. The van der Waals surface area contributed by atoms with E-state index in [0.29, 0.717) is 6.42 Å². The molecular weight excluding hydrogens is 340 g/mol. The number of hydrogen-bond donors (Lipinski definition) is 1. The Morgan fingerprint density at radius 2 is 2.08 bits per heavy atom. The Morgan fingerprint density at radius 3 is 2.76 bits per heavy atom. The summed E-state index contributed by atoms with van der Waals surface area (Å²) in [6, 6.07) is 6.46. The van der Waals surface area contributed by atoms with Crippen molar-refractivity contribution in [2.45, 2.75) is 49.7 Å². The van der Waals surface area contributed by atoms with Gasteiger partial charge in [0.2, 0.25) is 11.8 Å². The van der Waals surface area contributed by atoms with Gasteiger partial charge in [-0.1, -0.05) is 38.3 Å². The van der Waals surface area contributed by atoms with Crippen molar-refractivity contribution in [1.29, 1.82) is 0 Å². The molecule has 0 bridgehead atoms. The van der Waals surface area contributed by atoms with Crippen molar-refractivity contribution in [3.63, 3.8) is 0 Å². The van der Waals surface area contributed by atoms with Gasteiger partial charge in [-0.15, -0.1) is 11.8 Å². The highest BCUT2D eigenvalue weighted by Crippen LogP contribution is 2.61. The van der Waals surface area contributed by atoms with E-state index in [1.165, 1.54) is 12.1 Å². The first-order valence-electron chi connectivity index (χ1n) is 8.74. The molecule has 1 saturated heterocycles. The normalized spacial score (nSPS) is 27.6. The largest absolute Gasteiger partial charge is 0.295 e. The Kier molecular flexibility index (Phi) is 5.13. The number of rotatable bonds is 8. The number of carbonyl (C=O) groups is 2. The van der Waals surface area contributed by atoms with Gasteiger partial charge < -0.3 is 0 Å². The maximum Gasteiger partial charge on any atom is 0.269 e. The van der Waals surface area contributed by atoms with Crippen LogP contribution in [0.25, 0.3) is 0 Å². The standard InChI is InChI=1S/C18H22N2O4S/c1-2-3-4-5-9-25-18-14(11-15(18)16(21)19-17(18)22)12-7-6-8-13(10-12)20(23)24/h6-8,10,14-15H,2-5,9,11H2,1H3,(H,19,21,22)/t14-,15+,18-/m0/s1. The van der Waals surface area contributed by atoms with Gasteiger partial charge in [0.25, 0.3) is 5.69 Å². The minimum atomic E-state index is -0.793. The van der Waals surface area contributed by atoms with Crippen LogP contribution in [0, 0.1) is 16.0 Å². The number of non-ortho nitro benzene ring substituents is 1. The molecule has 3 rings (SSSR count). The van der Waals surface area contributed by atoms with Crippen LogP contribution in [0.2, 0.25) is 0 Å². The molecule has 7 heteroatoms. The number of amides is 2. The van der Waals surface area contributed by atoms with Gasteiger partial charge in [0.05, 0.1) is 10.8 Å². The van der Waals surface area contributed by atoms with E-state index in [2.05, 4.69) is 12.2 Å². The van der Waals surface area contributed by atoms with E-state index in [4.69, 9.17) is 0 Å². The third-order valence-corrected chi connectivity index (χ3v) is 6.96. The van der Waals surface area contributed by atoms with E-state index in [-0.39, 0.29) is 29.3 Å². The highest BCUT2D eigenvalue weighted by atomic mass is 32.2. The maximum atomic E-state index is 12.6. The predicted octanol–water partition coefficient (Wildman–Crippen LogP) is 3.41. The Labute approximate surface area is 150 Å². The van der Waals surface area contributed by atoms with Gasteiger partial charge in [-0.05, 0) is 24.2 Å². The number of fused-ring (bicyclic) bond motifs is 1. The number of imide groups is 1. The van der Waals surface area contributed by atoms with Crippen molar-refractivity contribution < 1.29 is 14.5 Å². The summed E-state index contributed by atoms with van der Waals surface area (Å²) in [6.45, 7) is 2.15. The van der Waals surface area contributed by atoms with E-state index in [9.17, 15) is 19.7 Å². The van der Waals surface area contributed by atoms with Gasteiger partial charge in [0.1, 0.15) is 4.75 Å². The van der Waals surface area contributed by atoms with Crippen LogP contribution in [-0.2, 0) is 9.59 Å². The van der Waals surface area contributed by atoms with Crippen LogP contribution in [0.3, 0.4) is 0 Å². The predicted molar refractivity (Wildman–Crippen MR) is 96.4 cm³/mol. The Balaban J connectivity index is 1.82. The molecule has 1 aromatic rings. The fourth-order valence-corrected chi connectivity index (χ4v) is 5.56. The lowest BCUT2D eigenvalue weighted by atomic mass is 9.62. The summed E-state index contributed by atoms with van der Waals surface area (Å²) in [5.74, 6) is -0.0817. The number of benzene rings is 1. The summed E-state index contributed by atoms with van der Waals surface area (Å²) in [5.41, 5.74) is 0.796. The topological polar surface area (TPSA) is 89.3 Å². The Hall–Kier alpha value is -1.89. The van der Waals surface area contributed by atoms with Crippen LogP contribution in [0.4, 0.5) is 5.69 Å².